The Balaban J connectivity index is 1.21. The molecule has 2 aliphatic carbocycles. The second-order valence-electron chi connectivity index (χ2n) is 15.2. The maximum atomic E-state index is 17.2. The van der Waals surface area contributed by atoms with Crippen LogP contribution in [0.3, 0.4) is 0 Å². The highest BCUT2D eigenvalue weighted by atomic mass is 35.5. The first-order valence-corrected chi connectivity index (χ1v) is 19.3. The lowest BCUT2D eigenvalue weighted by Crippen LogP contribution is -2.40. The number of aryl methyl sites for hydroxylation is 2. The maximum Gasteiger partial charge on any atom is 0.226 e. The van der Waals surface area contributed by atoms with Crippen LogP contribution in [0, 0.1) is 47.6 Å². The first-order chi connectivity index (χ1) is 25.7. The monoisotopic (exact) mass is 753 g/mol. The normalized spacial score (nSPS) is 23.5. The van der Waals surface area contributed by atoms with Crippen molar-refractivity contribution in [3.63, 3.8) is 0 Å². The van der Waals surface area contributed by atoms with Gasteiger partial charge >= 0.3 is 0 Å². The van der Waals surface area contributed by atoms with Gasteiger partial charge in [-0.2, -0.15) is 5.26 Å². The number of hydrogen-bond acceptors (Lipinski definition) is 5. The Labute approximate surface area is 316 Å². The van der Waals surface area contributed by atoms with Crippen LogP contribution in [0.15, 0.2) is 54.6 Å². The van der Waals surface area contributed by atoms with E-state index in [1.54, 1.807) is 36.4 Å². The van der Waals surface area contributed by atoms with E-state index in [1.165, 1.54) is 6.07 Å². The quantitative estimate of drug-likeness (QED) is 0.154. The standard InChI is InChI=1S/C42H39Cl2F2N5O2/c1-22-29-17-36(35-16-27(19-51(35)42(52)23-11-12-23)53-21-25-6-2-3-10-33(25)45)50(20-31-26-15-34(31)48-18-26)41(29)30-14-24(7-5-13-47)37(39(46)40(30)49-22)28-8-4-9-32(43)38(28)44/h2-4,6,8-10,14,17,23,26-27,31,34-35,48H,5,7,11-12,15-16,18-21H2,1H3/t26-,27+,31+,34-,35-/m1/s1. The number of likely N-dealkylation sites (tertiary alicyclic amines) is 1. The molecule has 2 saturated carbocycles. The average Bonchev–Trinajstić information content (AvgIpc) is 3.45. The second kappa shape index (κ2) is 13.7. The molecule has 53 heavy (non-hydrogen) atoms. The molecule has 2 aromatic heterocycles. The van der Waals surface area contributed by atoms with Gasteiger partial charge in [0.2, 0.25) is 5.91 Å². The molecule has 1 N–H and O–H groups in total. The minimum Gasteiger partial charge on any atom is -0.371 e. The summed E-state index contributed by atoms with van der Waals surface area (Å²) in [5.41, 5.74) is 4.67. The minimum atomic E-state index is -0.503. The molecule has 10 rings (SSSR count). The largest absolute Gasteiger partial charge is 0.371 e. The zero-order chi connectivity index (χ0) is 36.5. The highest BCUT2D eigenvalue weighted by Gasteiger charge is 2.48. The summed E-state index contributed by atoms with van der Waals surface area (Å²) >= 11 is 13.1. The summed E-state index contributed by atoms with van der Waals surface area (Å²) in [4.78, 5) is 20.8. The van der Waals surface area contributed by atoms with Crippen LogP contribution >= 0.6 is 23.2 Å². The number of halogens is 4. The summed E-state index contributed by atoms with van der Waals surface area (Å²) in [5, 5.41) is 15.4. The lowest BCUT2D eigenvalue weighted by Gasteiger charge is -2.36. The molecule has 5 atom stereocenters. The van der Waals surface area contributed by atoms with Gasteiger partial charge in [-0.1, -0.05) is 53.5 Å². The zero-order valence-electron chi connectivity index (χ0n) is 29.3. The van der Waals surface area contributed by atoms with Gasteiger partial charge in [-0.25, -0.2) is 13.8 Å². The van der Waals surface area contributed by atoms with E-state index in [4.69, 9.17) is 32.9 Å². The number of carbonyl (C=O) groups is 1. The summed E-state index contributed by atoms with van der Waals surface area (Å²) in [7, 11) is 0. The number of nitrogens with one attached hydrogen (secondary N) is 1. The smallest absolute Gasteiger partial charge is 0.226 e. The van der Waals surface area contributed by atoms with Gasteiger partial charge in [-0.05, 0) is 80.8 Å². The first-order valence-electron chi connectivity index (χ1n) is 18.6. The van der Waals surface area contributed by atoms with E-state index in [0.29, 0.717) is 82.2 Å². The Morgan fingerprint density at radius 1 is 1.08 bits per heavy atom. The number of rotatable bonds is 10. The molecule has 0 radical (unpaired) electrons. The van der Waals surface area contributed by atoms with Crippen LogP contribution in [0.5, 0.6) is 0 Å². The number of pyridine rings is 1. The molecular weight excluding hydrogens is 715 g/mol. The molecule has 5 aliphatic rings. The lowest BCUT2D eigenvalue weighted by atomic mass is 9.74. The summed E-state index contributed by atoms with van der Waals surface area (Å²) in [5.74, 6) is 0.254. The molecule has 3 saturated heterocycles. The van der Waals surface area contributed by atoms with Crippen molar-refractivity contribution in [2.45, 2.75) is 76.8 Å². The molecule has 11 heteroatoms. The van der Waals surface area contributed by atoms with E-state index in [2.05, 4.69) is 22.0 Å². The topological polar surface area (TPSA) is 83.2 Å². The van der Waals surface area contributed by atoms with Crippen LogP contribution in [-0.2, 0) is 29.1 Å². The Morgan fingerprint density at radius 3 is 2.64 bits per heavy atom. The van der Waals surface area contributed by atoms with E-state index in [-0.39, 0.29) is 53.4 Å². The van der Waals surface area contributed by atoms with Crippen LogP contribution in [0.1, 0.15) is 60.7 Å². The average molecular weight is 755 g/mol. The third-order valence-corrected chi connectivity index (χ3v) is 12.9. The minimum absolute atomic E-state index is 0.00470. The molecule has 3 aliphatic heterocycles. The van der Waals surface area contributed by atoms with Gasteiger partial charge in [0.15, 0.2) is 5.82 Å². The molecular formula is C42H39Cl2F2N5O2. The summed E-state index contributed by atoms with van der Waals surface area (Å²) in [6, 6.07) is 18.2. The van der Waals surface area contributed by atoms with Crippen LogP contribution in [0.2, 0.25) is 10.0 Å². The number of nitrogens with zero attached hydrogens (tertiary/aromatic N) is 4. The predicted octanol–water partition coefficient (Wildman–Crippen LogP) is 9.08. The summed E-state index contributed by atoms with van der Waals surface area (Å²) in [6.07, 6.45) is 3.67. The number of carbonyl (C=O) groups excluding carboxylic acids is 1. The van der Waals surface area contributed by atoms with Gasteiger partial charge in [0.25, 0.3) is 0 Å². The van der Waals surface area contributed by atoms with Gasteiger partial charge < -0.3 is 19.5 Å². The number of benzene rings is 3. The molecule has 3 aromatic carbocycles. The Kier molecular flexibility index (Phi) is 8.93. The van der Waals surface area contributed by atoms with Crippen LogP contribution in [0.4, 0.5) is 8.78 Å². The maximum absolute atomic E-state index is 17.2. The number of nitriles is 1. The molecule has 272 valence electrons. The van der Waals surface area contributed by atoms with Crippen molar-refractivity contribution in [2.75, 3.05) is 13.1 Å². The van der Waals surface area contributed by atoms with Crippen molar-refractivity contribution in [1.29, 1.82) is 5.26 Å². The number of ether oxygens (including phenoxy) is 1. The Hall–Kier alpha value is -4.07. The van der Waals surface area contributed by atoms with E-state index in [9.17, 15) is 14.4 Å². The van der Waals surface area contributed by atoms with E-state index >= 15 is 4.39 Å². The molecule has 5 fully saturated rings. The molecule has 2 bridgehead atoms. The molecule has 5 aromatic rings. The van der Waals surface area contributed by atoms with Gasteiger partial charge in [0, 0.05) is 76.7 Å². The van der Waals surface area contributed by atoms with Gasteiger partial charge in [0.05, 0.1) is 40.4 Å². The highest BCUT2D eigenvalue weighted by molar-refractivity contribution is 6.43. The van der Waals surface area contributed by atoms with Crippen molar-refractivity contribution in [2.24, 2.45) is 17.8 Å². The number of fused-ring (bicyclic) bond motifs is 4. The molecule has 7 nitrogen and oxygen atoms in total. The summed E-state index contributed by atoms with van der Waals surface area (Å²) < 4.78 is 40.4. The van der Waals surface area contributed by atoms with E-state index in [1.807, 2.05) is 17.9 Å². The van der Waals surface area contributed by atoms with E-state index < -0.39 is 5.82 Å². The van der Waals surface area contributed by atoms with Crippen molar-refractivity contribution >= 4 is 50.9 Å². The molecule has 0 unspecified atom stereocenters. The van der Waals surface area contributed by atoms with E-state index in [0.717, 1.165) is 42.4 Å². The number of hydrogen-bond donors (Lipinski definition) is 1. The first kappa shape index (κ1) is 34.7. The lowest BCUT2D eigenvalue weighted by molar-refractivity contribution is -0.134. The fraction of sp³-hybridized carbons (Fsp3) is 0.405. The van der Waals surface area contributed by atoms with Crippen molar-refractivity contribution in [3.8, 4) is 17.2 Å². The van der Waals surface area contributed by atoms with Gasteiger partial charge in [0.1, 0.15) is 11.3 Å². The van der Waals surface area contributed by atoms with Crippen molar-refractivity contribution in [3.05, 3.63) is 98.8 Å². The SMILES string of the molecule is Cc1nc2c(F)c(-c3cccc(Cl)c3Cl)c(CCC#N)cc2c2c1cc([C@H]1C[C@H](OCc3ccccc3F)CN1C(=O)C1CC1)n2C[C@H]1[C@H]2CN[C@@H]1C2. The van der Waals surface area contributed by atoms with Crippen molar-refractivity contribution < 1.29 is 18.3 Å². The fourth-order valence-corrected chi connectivity index (χ4v) is 9.49. The fourth-order valence-electron chi connectivity index (χ4n) is 9.09. The molecule has 1 amide bonds. The van der Waals surface area contributed by atoms with Crippen molar-refractivity contribution in [1.82, 2.24) is 19.8 Å². The highest BCUT2D eigenvalue weighted by Crippen LogP contribution is 2.47. The number of amides is 1. The predicted molar refractivity (Wildman–Crippen MR) is 201 cm³/mol. The van der Waals surface area contributed by atoms with Crippen LogP contribution < -0.4 is 5.32 Å². The van der Waals surface area contributed by atoms with Crippen LogP contribution in [-0.4, -0.2) is 45.6 Å². The molecule has 0 spiro atoms. The zero-order valence-corrected chi connectivity index (χ0v) is 30.9. The number of aromatic nitrogens is 2. The second-order valence-corrected chi connectivity index (χ2v) is 16.0. The van der Waals surface area contributed by atoms with Crippen LogP contribution in [0.25, 0.3) is 32.9 Å². The summed E-state index contributed by atoms with van der Waals surface area (Å²) in [6.45, 7) is 4.12. The Morgan fingerprint density at radius 2 is 1.91 bits per heavy atom. The van der Waals surface area contributed by atoms with Gasteiger partial charge in [-0.3, -0.25) is 4.79 Å². The van der Waals surface area contributed by atoms with Gasteiger partial charge in [-0.15, -0.1) is 0 Å². The molecule has 5 heterocycles. The third-order valence-electron chi connectivity index (χ3n) is 12.1. The third kappa shape index (κ3) is 5.99. The Bertz CT molecular complexity index is 2320.